The van der Waals surface area contributed by atoms with Crippen LogP contribution in [0.2, 0.25) is 0 Å². The second-order valence-electron chi connectivity index (χ2n) is 6.45. The zero-order chi connectivity index (χ0) is 21.5. The van der Waals surface area contributed by atoms with Gasteiger partial charge in [0.05, 0.1) is 17.5 Å². The van der Waals surface area contributed by atoms with Crippen LogP contribution in [0, 0.1) is 0 Å². The Hall–Kier alpha value is -3.39. The fourth-order valence-electron chi connectivity index (χ4n) is 2.78. The maximum atomic E-state index is 12.6. The molecular formula is C22H24N2O6. The molecule has 0 saturated heterocycles. The lowest BCUT2D eigenvalue weighted by molar-refractivity contribution is -0.134. The molecule has 0 fully saturated rings. The number of esters is 1. The minimum absolute atomic E-state index is 0.00870. The van der Waals surface area contributed by atoms with Gasteiger partial charge in [0.25, 0.3) is 5.56 Å². The van der Waals surface area contributed by atoms with Crippen molar-refractivity contribution in [2.45, 2.75) is 20.0 Å². The van der Waals surface area contributed by atoms with Crippen molar-refractivity contribution < 1.29 is 23.7 Å². The molecule has 0 atom stereocenters. The van der Waals surface area contributed by atoms with E-state index < -0.39 is 5.97 Å². The number of ether oxygens (including phenoxy) is 4. The summed E-state index contributed by atoms with van der Waals surface area (Å²) in [7, 11) is 3.21. The van der Waals surface area contributed by atoms with E-state index in [-0.39, 0.29) is 30.9 Å². The number of rotatable bonds is 9. The lowest BCUT2D eigenvalue weighted by Gasteiger charge is -2.16. The molecule has 158 valence electrons. The van der Waals surface area contributed by atoms with Crippen LogP contribution in [-0.2, 0) is 23.2 Å². The molecule has 30 heavy (non-hydrogen) atoms. The van der Waals surface area contributed by atoms with E-state index in [0.717, 1.165) is 0 Å². The van der Waals surface area contributed by atoms with Gasteiger partial charge in [0.2, 0.25) is 5.75 Å². The van der Waals surface area contributed by atoms with Gasteiger partial charge in [0, 0.05) is 20.6 Å². The molecule has 0 radical (unpaired) electrons. The maximum Gasteiger partial charge on any atom is 0.311 e. The SMILES string of the molecule is CCC(=O)Oc1c(OCCOC)cccc1OCc1nc2ccccc2c(=O)n1C. The highest BCUT2D eigenvalue weighted by atomic mass is 16.6. The summed E-state index contributed by atoms with van der Waals surface area (Å²) in [6, 6.07) is 12.2. The molecule has 2 aromatic carbocycles. The van der Waals surface area contributed by atoms with Crippen molar-refractivity contribution in [3.8, 4) is 17.2 Å². The van der Waals surface area contributed by atoms with E-state index in [2.05, 4.69) is 4.98 Å². The quantitative estimate of drug-likeness (QED) is 0.303. The number of nitrogens with zero attached hydrogens (tertiary/aromatic N) is 2. The first-order valence-electron chi connectivity index (χ1n) is 9.58. The molecule has 8 nitrogen and oxygen atoms in total. The zero-order valence-electron chi connectivity index (χ0n) is 17.2. The van der Waals surface area contributed by atoms with E-state index in [1.54, 1.807) is 57.5 Å². The monoisotopic (exact) mass is 412 g/mol. The lowest BCUT2D eigenvalue weighted by atomic mass is 10.2. The van der Waals surface area contributed by atoms with Gasteiger partial charge in [-0.15, -0.1) is 0 Å². The number of carbonyl (C=O) groups is 1. The molecule has 8 heteroatoms. The molecule has 3 aromatic rings. The minimum Gasteiger partial charge on any atom is -0.487 e. The number of para-hydroxylation sites is 2. The normalized spacial score (nSPS) is 10.8. The van der Waals surface area contributed by atoms with Gasteiger partial charge in [-0.1, -0.05) is 25.1 Å². The van der Waals surface area contributed by atoms with E-state index in [4.69, 9.17) is 18.9 Å². The van der Waals surface area contributed by atoms with Crippen LogP contribution in [-0.4, -0.2) is 35.8 Å². The van der Waals surface area contributed by atoms with Crippen LogP contribution in [0.3, 0.4) is 0 Å². The second-order valence-corrected chi connectivity index (χ2v) is 6.45. The van der Waals surface area contributed by atoms with Gasteiger partial charge in [-0.25, -0.2) is 4.98 Å². The Labute approximate surface area is 174 Å². The van der Waals surface area contributed by atoms with Gasteiger partial charge in [-0.05, 0) is 24.3 Å². The molecule has 1 heterocycles. The number of hydrogen-bond donors (Lipinski definition) is 0. The summed E-state index contributed by atoms with van der Waals surface area (Å²) in [5, 5.41) is 0.537. The van der Waals surface area contributed by atoms with Gasteiger partial charge < -0.3 is 18.9 Å². The molecule has 0 aliphatic rings. The molecule has 0 N–H and O–H groups in total. The molecule has 0 aliphatic heterocycles. The van der Waals surface area contributed by atoms with Gasteiger partial charge in [-0.2, -0.15) is 0 Å². The van der Waals surface area contributed by atoms with Gasteiger partial charge in [-0.3, -0.25) is 14.2 Å². The smallest absolute Gasteiger partial charge is 0.311 e. The summed E-state index contributed by atoms with van der Waals surface area (Å²) in [5.74, 6) is 0.892. The van der Waals surface area contributed by atoms with Crippen LogP contribution in [0.1, 0.15) is 19.2 Å². The van der Waals surface area contributed by atoms with Gasteiger partial charge >= 0.3 is 5.97 Å². The van der Waals surface area contributed by atoms with E-state index in [9.17, 15) is 9.59 Å². The first-order chi connectivity index (χ1) is 14.5. The van der Waals surface area contributed by atoms with Crippen LogP contribution >= 0.6 is 0 Å². The Kier molecular flexibility index (Phi) is 7.03. The lowest BCUT2D eigenvalue weighted by Crippen LogP contribution is -2.23. The Morgan fingerprint density at radius 2 is 1.77 bits per heavy atom. The average Bonchev–Trinajstić information content (AvgIpc) is 2.76. The van der Waals surface area contributed by atoms with E-state index in [0.29, 0.717) is 34.8 Å². The van der Waals surface area contributed by atoms with Crippen LogP contribution < -0.4 is 19.8 Å². The third-order valence-electron chi connectivity index (χ3n) is 4.42. The number of fused-ring (bicyclic) bond motifs is 1. The van der Waals surface area contributed by atoms with E-state index in [1.807, 2.05) is 6.07 Å². The summed E-state index contributed by atoms with van der Waals surface area (Å²) in [5.41, 5.74) is 0.432. The standard InChI is InChI=1S/C22H24N2O6/c1-4-20(25)30-21-17(28-13-12-27-3)10-7-11-18(21)29-14-19-23-16-9-6-5-8-15(16)22(26)24(19)2/h5-11H,4,12-14H2,1-3H3. The summed E-state index contributed by atoms with van der Waals surface area (Å²) >= 11 is 0. The molecule has 1 aromatic heterocycles. The first kappa shape index (κ1) is 21.3. The number of methoxy groups -OCH3 is 1. The predicted molar refractivity (Wildman–Crippen MR) is 111 cm³/mol. The van der Waals surface area contributed by atoms with Crippen LogP contribution in [0.4, 0.5) is 0 Å². The van der Waals surface area contributed by atoms with Crippen molar-refractivity contribution in [2.75, 3.05) is 20.3 Å². The fourth-order valence-corrected chi connectivity index (χ4v) is 2.78. The largest absolute Gasteiger partial charge is 0.487 e. The second kappa shape index (κ2) is 9.89. The number of benzene rings is 2. The molecule has 0 saturated carbocycles. The highest BCUT2D eigenvalue weighted by Crippen LogP contribution is 2.38. The third kappa shape index (κ3) is 4.77. The molecule has 0 bridgehead atoms. The topological polar surface area (TPSA) is 88.9 Å². The van der Waals surface area contributed by atoms with Gasteiger partial charge in [0.15, 0.2) is 11.5 Å². The fraction of sp³-hybridized carbons (Fsp3) is 0.318. The first-order valence-corrected chi connectivity index (χ1v) is 9.58. The van der Waals surface area contributed by atoms with Crippen molar-refractivity contribution in [1.29, 1.82) is 0 Å². The Morgan fingerprint density at radius 1 is 1.03 bits per heavy atom. The van der Waals surface area contributed by atoms with Crippen molar-refractivity contribution >= 4 is 16.9 Å². The van der Waals surface area contributed by atoms with Gasteiger partial charge in [0.1, 0.15) is 19.0 Å². The van der Waals surface area contributed by atoms with Crippen molar-refractivity contribution in [3.05, 3.63) is 58.6 Å². The maximum absolute atomic E-state index is 12.6. The van der Waals surface area contributed by atoms with Crippen LogP contribution in [0.25, 0.3) is 10.9 Å². The minimum atomic E-state index is -0.418. The Balaban J connectivity index is 1.89. The third-order valence-corrected chi connectivity index (χ3v) is 4.42. The highest BCUT2D eigenvalue weighted by Gasteiger charge is 2.17. The number of aromatic nitrogens is 2. The average molecular weight is 412 g/mol. The summed E-state index contributed by atoms with van der Waals surface area (Å²) in [6.45, 7) is 2.38. The molecule has 0 spiro atoms. The zero-order valence-corrected chi connectivity index (χ0v) is 17.2. The van der Waals surface area contributed by atoms with E-state index in [1.165, 1.54) is 4.57 Å². The van der Waals surface area contributed by atoms with Crippen molar-refractivity contribution in [3.63, 3.8) is 0 Å². The Bertz CT molecular complexity index is 1090. The summed E-state index contributed by atoms with van der Waals surface area (Å²) in [6.07, 6.45) is 0.201. The molecule has 0 unspecified atom stereocenters. The summed E-state index contributed by atoms with van der Waals surface area (Å²) < 4.78 is 23.4. The van der Waals surface area contributed by atoms with Crippen molar-refractivity contribution in [2.24, 2.45) is 7.05 Å². The highest BCUT2D eigenvalue weighted by molar-refractivity contribution is 5.77. The number of carbonyl (C=O) groups excluding carboxylic acids is 1. The summed E-state index contributed by atoms with van der Waals surface area (Å²) in [4.78, 5) is 29.0. The Morgan fingerprint density at radius 3 is 2.50 bits per heavy atom. The van der Waals surface area contributed by atoms with Crippen molar-refractivity contribution in [1.82, 2.24) is 9.55 Å². The van der Waals surface area contributed by atoms with E-state index >= 15 is 0 Å². The molecular weight excluding hydrogens is 388 g/mol. The number of hydrogen-bond acceptors (Lipinski definition) is 7. The predicted octanol–water partition coefficient (Wildman–Crippen LogP) is 2.85. The molecule has 3 rings (SSSR count). The van der Waals surface area contributed by atoms with Crippen LogP contribution in [0.15, 0.2) is 47.3 Å². The molecule has 0 amide bonds. The molecule has 0 aliphatic carbocycles. The van der Waals surface area contributed by atoms with Crippen LogP contribution in [0.5, 0.6) is 17.2 Å².